The SMILES string of the molecule is C1=C\[C@@H]2CCCC2CCCC/1. The third-order valence-electron chi connectivity index (χ3n) is 3.30. The van der Waals surface area contributed by atoms with Crippen molar-refractivity contribution >= 4 is 0 Å². The van der Waals surface area contributed by atoms with E-state index < -0.39 is 0 Å². The van der Waals surface area contributed by atoms with Crippen molar-refractivity contribution in [2.75, 3.05) is 0 Å². The lowest BCUT2D eigenvalue weighted by molar-refractivity contribution is 0.400. The van der Waals surface area contributed by atoms with Gasteiger partial charge in [0.05, 0.1) is 0 Å². The van der Waals surface area contributed by atoms with Crippen LogP contribution in [0.25, 0.3) is 0 Å². The third kappa shape index (κ3) is 1.66. The second-order valence-electron chi connectivity index (χ2n) is 4.07. The largest absolute Gasteiger partial charge is 0.0882 e. The highest BCUT2D eigenvalue weighted by Crippen LogP contribution is 2.37. The molecule has 0 aromatic carbocycles. The minimum absolute atomic E-state index is 0.968. The molecule has 0 heteroatoms. The van der Waals surface area contributed by atoms with Crippen molar-refractivity contribution in [2.45, 2.75) is 44.9 Å². The van der Waals surface area contributed by atoms with Crippen molar-refractivity contribution in [1.82, 2.24) is 0 Å². The smallest absolute Gasteiger partial charge is 0.0205 e. The van der Waals surface area contributed by atoms with E-state index in [2.05, 4.69) is 12.2 Å². The predicted octanol–water partition coefficient (Wildman–Crippen LogP) is 3.53. The van der Waals surface area contributed by atoms with Gasteiger partial charge < -0.3 is 0 Å². The lowest BCUT2D eigenvalue weighted by Gasteiger charge is -2.17. The highest BCUT2D eigenvalue weighted by molar-refractivity contribution is 4.96. The fraction of sp³-hybridized carbons (Fsp3) is 0.818. The van der Waals surface area contributed by atoms with Crippen LogP contribution in [0.4, 0.5) is 0 Å². The lowest BCUT2D eigenvalue weighted by Crippen LogP contribution is -2.06. The van der Waals surface area contributed by atoms with Gasteiger partial charge in [0, 0.05) is 0 Å². The molecule has 0 spiro atoms. The van der Waals surface area contributed by atoms with Crippen LogP contribution in [0.15, 0.2) is 12.2 Å². The molecule has 1 saturated carbocycles. The summed E-state index contributed by atoms with van der Waals surface area (Å²) in [6, 6.07) is 0. The molecule has 0 radical (unpaired) electrons. The van der Waals surface area contributed by atoms with Gasteiger partial charge in [0.1, 0.15) is 0 Å². The predicted molar refractivity (Wildman–Crippen MR) is 48.4 cm³/mol. The zero-order valence-electron chi connectivity index (χ0n) is 7.26. The summed E-state index contributed by atoms with van der Waals surface area (Å²) in [5.41, 5.74) is 0. The molecule has 0 aromatic rings. The Balaban J connectivity index is 2.01. The summed E-state index contributed by atoms with van der Waals surface area (Å²) in [6.07, 6.45) is 15.1. The summed E-state index contributed by atoms with van der Waals surface area (Å²) in [7, 11) is 0. The van der Waals surface area contributed by atoms with Gasteiger partial charge in [-0.2, -0.15) is 0 Å². The van der Waals surface area contributed by atoms with Crippen molar-refractivity contribution in [3.63, 3.8) is 0 Å². The summed E-state index contributed by atoms with van der Waals surface area (Å²) in [5, 5.41) is 0. The van der Waals surface area contributed by atoms with E-state index in [1.165, 1.54) is 44.9 Å². The van der Waals surface area contributed by atoms with Crippen LogP contribution in [0.2, 0.25) is 0 Å². The first-order valence-electron chi connectivity index (χ1n) is 5.13. The fourth-order valence-electron chi connectivity index (χ4n) is 2.62. The summed E-state index contributed by atoms with van der Waals surface area (Å²) in [6.45, 7) is 0. The molecule has 0 aromatic heterocycles. The van der Waals surface area contributed by atoms with Gasteiger partial charge in [0.25, 0.3) is 0 Å². The Labute approximate surface area is 69.7 Å². The Kier molecular flexibility index (Phi) is 2.30. The maximum atomic E-state index is 2.50. The number of rotatable bonds is 0. The maximum absolute atomic E-state index is 2.50. The van der Waals surface area contributed by atoms with Crippen LogP contribution >= 0.6 is 0 Å². The highest BCUT2D eigenvalue weighted by Gasteiger charge is 2.24. The fourth-order valence-corrected chi connectivity index (χ4v) is 2.62. The topological polar surface area (TPSA) is 0 Å². The molecule has 2 aliphatic carbocycles. The lowest BCUT2D eigenvalue weighted by atomic mass is 9.88. The van der Waals surface area contributed by atoms with E-state index >= 15 is 0 Å². The van der Waals surface area contributed by atoms with Crippen molar-refractivity contribution in [3.05, 3.63) is 12.2 Å². The Morgan fingerprint density at radius 2 is 1.82 bits per heavy atom. The van der Waals surface area contributed by atoms with Gasteiger partial charge in [-0.25, -0.2) is 0 Å². The Morgan fingerprint density at radius 1 is 0.909 bits per heavy atom. The van der Waals surface area contributed by atoms with E-state index in [9.17, 15) is 0 Å². The summed E-state index contributed by atoms with van der Waals surface area (Å²) < 4.78 is 0. The summed E-state index contributed by atoms with van der Waals surface area (Å²) in [4.78, 5) is 0. The quantitative estimate of drug-likeness (QED) is 0.463. The second kappa shape index (κ2) is 3.42. The number of allylic oxidation sites excluding steroid dienone is 2. The van der Waals surface area contributed by atoms with Crippen LogP contribution in [-0.2, 0) is 0 Å². The molecule has 0 N–H and O–H groups in total. The van der Waals surface area contributed by atoms with E-state index in [1.54, 1.807) is 0 Å². The van der Waals surface area contributed by atoms with Crippen molar-refractivity contribution in [3.8, 4) is 0 Å². The van der Waals surface area contributed by atoms with Crippen molar-refractivity contribution in [1.29, 1.82) is 0 Å². The summed E-state index contributed by atoms with van der Waals surface area (Å²) in [5.74, 6) is 2.03. The Hall–Kier alpha value is -0.260. The van der Waals surface area contributed by atoms with Crippen molar-refractivity contribution < 1.29 is 0 Å². The second-order valence-corrected chi connectivity index (χ2v) is 4.07. The molecule has 2 rings (SSSR count). The molecule has 1 unspecified atom stereocenters. The summed E-state index contributed by atoms with van der Waals surface area (Å²) >= 11 is 0. The molecule has 2 atom stereocenters. The van der Waals surface area contributed by atoms with E-state index in [-0.39, 0.29) is 0 Å². The molecular weight excluding hydrogens is 132 g/mol. The van der Waals surface area contributed by atoms with Gasteiger partial charge in [0.2, 0.25) is 0 Å². The highest BCUT2D eigenvalue weighted by atomic mass is 14.3. The van der Waals surface area contributed by atoms with Crippen molar-refractivity contribution in [2.24, 2.45) is 11.8 Å². The maximum Gasteiger partial charge on any atom is -0.0205 e. The van der Waals surface area contributed by atoms with E-state index in [0.29, 0.717) is 0 Å². The first-order valence-corrected chi connectivity index (χ1v) is 5.13. The average Bonchev–Trinajstić information content (AvgIpc) is 2.35. The van der Waals surface area contributed by atoms with Gasteiger partial charge in [-0.05, 0) is 43.9 Å². The zero-order chi connectivity index (χ0) is 7.52. The van der Waals surface area contributed by atoms with E-state index in [0.717, 1.165) is 11.8 Å². The Morgan fingerprint density at radius 3 is 2.82 bits per heavy atom. The molecule has 11 heavy (non-hydrogen) atoms. The van der Waals surface area contributed by atoms with Gasteiger partial charge in [-0.1, -0.05) is 25.0 Å². The monoisotopic (exact) mass is 150 g/mol. The van der Waals surface area contributed by atoms with Gasteiger partial charge in [-0.15, -0.1) is 0 Å². The Bertz CT molecular complexity index is 146. The first-order chi connectivity index (χ1) is 5.47. The van der Waals surface area contributed by atoms with Crippen LogP contribution in [0.3, 0.4) is 0 Å². The third-order valence-corrected chi connectivity index (χ3v) is 3.30. The van der Waals surface area contributed by atoms with Gasteiger partial charge >= 0.3 is 0 Å². The van der Waals surface area contributed by atoms with Crippen LogP contribution < -0.4 is 0 Å². The number of hydrogen-bond acceptors (Lipinski definition) is 0. The van der Waals surface area contributed by atoms with Gasteiger partial charge in [0.15, 0.2) is 0 Å². The zero-order valence-corrected chi connectivity index (χ0v) is 7.26. The molecule has 0 saturated heterocycles. The first kappa shape index (κ1) is 7.39. The molecular formula is C11H18. The van der Waals surface area contributed by atoms with Crippen LogP contribution in [-0.4, -0.2) is 0 Å². The molecule has 1 fully saturated rings. The number of fused-ring (bicyclic) bond motifs is 1. The van der Waals surface area contributed by atoms with Crippen LogP contribution in [0.5, 0.6) is 0 Å². The molecule has 2 aliphatic rings. The minimum Gasteiger partial charge on any atom is -0.0882 e. The normalized spacial score (nSPS) is 40.7. The molecule has 62 valence electrons. The minimum atomic E-state index is 0.968. The van der Waals surface area contributed by atoms with Gasteiger partial charge in [-0.3, -0.25) is 0 Å². The standard InChI is InChI=1S/C11H18/c1-2-4-7-11-9-5-8-10(11)6-3-1/h3,6,10-11H,1-2,4-5,7-9H2/b6-3-/t10-,11?/m1/s1. The van der Waals surface area contributed by atoms with E-state index in [1.807, 2.05) is 0 Å². The van der Waals surface area contributed by atoms with Crippen LogP contribution in [0, 0.1) is 11.8 Å². The molecule has 0 nitrogen and oxygen atoms in total. The van der Waals surface area contributed by atoms with E-state index in [4.69, 9.17) is 0 Å². The van der Waals surface area contributed by atoms with Crippen LogP contribution in [0.1, 0.15) is 44.9 Å². The molecule has 0 bridgehead atoms. The molecule has 0 amide bonds. The molecule has 0 aliphatic heterocycles. The molecule has 0 heterocycles. The number of hydrogen-bond donors (Lipinski definition) is 0. The average molecular weight is 150 g/mol.